The summed E-state index contributed by atoms with van der Waals surface area (Å²) in [7, 11) is 1.70. The first-order valence-corrected chi connectivity index (χ1v) is 6.66. The molecule has 16 heavy (non-hydrogen) atoms. The maximum atomic E-state index is 11.9. The second kappa shape index (κ2) is 3.60. The zero-order valence-electron chi connectivity index (χ0n) is 9.21. The van der Waals surface area contributed by atoms with Crippen molar-refractivity contribution in [3.8, 4) is 0 Å². The Kier molecular flexibility index (Phi) is 2.33. The molecule has 2 heterocycles. The summed E-state index contributed by atoms with van der Waals surface area (Å²) in [6.07, 6.45) is 3.06. The Balaban J connectivity index is 2.09. The van der Waals surface area contributed by atoms with Crippen molar-refractivity contribution in [1.29, 1.82) is 0 Å². The zero-order valence-corrected chi connectivity index (χ0v) is 10.0. The van der Waals surface area contributed by atoms with Gasteiger partial charge in [0.15, 0.2) is 0 Å². The molecule has 1 aromatic heterocycles. The van der Waals surface area contributed by atoms with Crippen molar-refractivity contribution < 1.29 is 4.74 Å². The van der Waals surface area contributed by atoms with Gasteiger partial charge in [-0.2, -0.15) is 11.8 Å². The number of ether oxygens (including phenoxy) is 1. The number of hydrogen-bond acceptors (Lipinski definition) is 4. The second-order valence-corrected chi connectivity index (χ2v) is 5.37. The van der Waals surface area contributed by atoms with Crippen LogP contribution in [0.15, 0.2) is 4.79 Å². The molecule has 5 heteroatoms. The number of nitrogens with zero attached hydrogens (tertiary/aromatic N) is 1. The van der Waals surface area contributed by atoms with Crippen molar-refractivity contribution in [3.05, 3.63) is 27.4 Å². The van der Waals surface area contributed by atoms with Gasteiger partial charge in [-0.3, -0.25) is 4.79 Å². The van der Waals surface area contributed by atoms with Gasteiger partial charge in [0.25, 0.3) is 5.56 Å². The highest BCUT2D eigenvalue weighted by Crippen LogP contribution is 2.42. The van der Waals surface area contributed by atoms with Crippen LogP contribution in [0.25, 0.3) is 0 Å². The lowest BCUT2D eigenvalue weighted by Crippen LogP contribution is -2.40. The minimum absolute atomic E-state index is 0.0216. The van der Waals surface area contributed by atoms with E-state index in [1.165, 1.54) is 0 Å². The predicted molar refractivity (Wildman–Crippen MR) is 62.4 cm³/mol. The molecule has 1 aliphatic carbocycles. The van der Waals surface area contributed by atoms with E-state index in [1.54, 1.807) is 18.9 Å². The lowest BCUT2D eigenvalue weighted by atomic mass is 9.79. The minimum atomic E-state index is -0.318. The smallest absolute Gasteiger partial charge is 0.255 e. The summed E-state index contributed by atoms with van der Waals surface area (Å²) in [6, 6.07) is 0. The van der Waals surface area contributed by atoms with E-state index in [1.807, 2.05) is 0 Å². The molecule has 0 atom stereocenters. The molecule has 86 valence electrons. The summed E-state index contributed by atoms with van der Waals surface area (Å²) in [5.41, 5.74) is 1.50. The number of aromatic amines is 1. The zero-order chi connectivity index (χ0) is 11.2. The molecule has 0 saturated heterocycles. The van der Waals surface area contributed by atoms with E-state index in [9.17, 15) is 4.79 Å². The molecule has 1 aliphatic heterocycles. The van der Waals surface area contributed by atoms with Crippen molar-refractivity contribution in [2.75, 3.05) is 7.11 Å². The van der Waals surface area contributed by atoms with Crippen molar-refractivity contribution in [1.82, 2.24) is 9.97 Å². The van der Waals surface area contributed by atoms with E-state index in [-0.39, 0.29) is 11.2 Å². The van der Waals surface area contributed by atoms with Gasteiger partial charge in [-0.1, -0.05) is 0 Å². The van der Waals surface area contributed by atoms with Crippen LogP contribution in [0, 0.1) is 0 Å². The van der Waals surface area contributed by atoms with Crippen LogP contribution in [-0.4, -0.2) is 17.1 Å². The average molecular weight is 238 g/mol. The number of rotatable bonds is 2. The topological polar surface area (TPSA) is 55.0 Å². The summed E-state index contributed by atoms with van der Waals surface area (Å²) in [4.78, 5) is 19.3. The maximum Gasteiger partial charge on any atom is 0.255 e. The molecular weight excluding hydrogens is 224 g/mol. The quantitative estimate of drug-likeness (QED) is 0.849. The summed E-state index contributed by atoms with van der Waals surface area (Å²) in [5, 5.41) is 0. The fraction of sp³-hybridized carbons (Fsp3) is 0.636. The third kappa shape index (κ3) is 1.34. The molecular formula is C11H14N2O2S. The van der Waals surface area contributed by atoms with Crippen LogP contribution in [-0.2, 0) is 21.8 Å². The van der Waals surface area contributed by atoms with Gasteiger partial charge in [-0.05, 0) is 19.3 Å². The first kappa shape index (κ1) is 10.4. The SMILES string of the molecule is COC1(c2nc3c(c(=O)[nH]2)CSC3)CCC1. The third-order valence-electron chi connectivity index (χ3n) is 3.57. The minimum Gasteiger partial charge on any atom is -0.370 e. The van der Waals surface area contributed by atoms with Crippen molar-refractivity contribution >= 4 is 11.8 Å². The van der Waals surface area contributed by atoms with Gasteiger partial charge in [0, 0.05) is 24.2 Å². The van der Waals surface area contributed by atoms with Crippen LogP contribution < -0.4 is 5.56 Å². The highest BCUT2D eigenvalue weighted by atomic mass is 32.2. The molecule has 1 saturated carbocycles. The van der Waals surface area contributed by atoms with E-state index >= 15 is 0 Å². The summed E-state index contributed by atoms with van der Waals surface area (Å²) in [6.45, 7) is 0. The van der Waals surface area contributed by atoms with Gasteiger partial charge in [-0.25, -0.2) is 4.98 Å². The molecule has 1 aromatic rings. The largest absolute Gasteiger partial charge is 0.370 e. The first-order chi connectivity index (χ1) is 7.75. The highest BCUT2D eigenvalue weighted by molar-refractivity contribution is 7.98. The van der Waals surface area contributed by atoms with Crippen molar-refractivity contribution in [2.24, 2.45) is 0 Å². The number of nitrogens with one attached hydrogen (secondary N) is 1. The van der Waals surface area contributed by atoms with E-state index in [0.717, 1.165) is 47.8 Å². The Morgan fingerprint density at radius 3 is 2.88 bits per heavy atom. The van der Waals surface area contributed by atoms with Crippen LogP contribution in [0.4, 0.5) is 0 Å². The molecule has 3 rings (SSSR count). The van der Waals surface area contributed by atoms with Crippen LogP contribution >= 0.6 is 11.8 Å². The lowest BCUT2D eigenvalue weighted by molar-refractivity contribution is -0.0849. The van der Waals surface area contributed by atoms with Gasteiger partial charge in [0.05, 0.1) is 5.69 Å². The Morgan fingerprint density at radius 1 is 1.44 bits per heavy atom. The number of aromatic nitrogens is 2. The third-order valence-corrected chi connectivity index (χ3v) is 4.54. The first-order valence-electron chi connectivity index (χ1n) is 5.51. The van der Waals surface area contributed by atoms with Crippen molar-refractivity contribution in [3.63, 3.8) is 0 Å². The molecule has 0 unspecified atom stereocenters. The molecule has 0 bridgehead atoms. The predicted octanol–water partition coefficient (Wildman–Crippen LogP) is 1.54. The second-order valence-electron chi connectivity index (χ2n) is 4.38. The van der Waals surface area contributed by atoms with Crippen LogP contribution in [0.1, 0.15) is 36.3 Å². The van der Waals surface area contributed by atoms with Crippen molar-refractivity contribution in [2.45, 2.75) is 36.4 Å². The van der Waals surface area contributed by atoms with E-state index in [0.29, 0.717) is 0 Å². The Labute approximate surface area is 97.8 Å². The standard InChI is InChI=1S/C11H14N2O2S/c1-15-11(3-2-4-11)10-12-8-6-16-5-7(8)9(14)13-10/h2-6H2,1H3,(H,12,13,14). The molecule has 0 amide bonds. The number of H-pyrrole nitrogens is 1. The maximum absolute atomic E-state index is 11.9. The molecule has 0 spiro atoms. The Hall–Kier alpha value is -0.810. The summed E-state index contributed by atoms with van der Waals surface area (Å²) >= 11 is 1.75. The normalized spacial score (nSPS) is 21.6. The Bertz CT molecular complexity index is 474. The number of methoxy groups -OCH3 is 1. The van der Waals surface area contributed by atoms with Gasteiger partial charge in [0.2, 0.25) is 0 Å². The number of fused-ring (bicyclic) bond motifs is 1. The van der Waals surface area contributed by atoms with Gasteiger partial charge < -0.3 is 9.72 Å². The van der Waals surface area contributed by atoms with E-state index in [4.69, 9.17) is 4.74 Å². The number of thioether (sulfide) groups is 1. The van der Waals surface area contributed by atoms with Gasteiger partial charge in [-0.15, -0.1) is 0 Å². The highest BCUT2D eigenvalue weighted by Gasteiger charge is 2.42. The molecule has 2 aliphatic rings. The molecule has 0 aromatic carbocycles. The van der Waals surface area contributed by atoms with Gasteiger partial charge >= 0.3 is 0 Å². The number of hydrogen-bond donors (Lipinski definition) is 1. The molecule has 4 nitrogen and oxygen atoms in total. The lowest BCUT2D eigenvalue weighted by Gasteiger charge is -2.39. The van der Waals surface area contributed by atoms with Crippen LogP contribution in [0.5, 0.6) is 0 Å². The summed E-state index contributed by atoms with van der Waals surface area (Å²) in [5.74, 6) is 2.37. The van der Waals surface area contributed by atoms with Crippen LogP contribution in [0.3, 0.4) is 0 Å². The fourth-order valence-corrected chi connectivity index (χ4v) is 3.35. The average Bonchev–Trinajstić information content (AvgIpc) is 2.65. The van der Waals surface area contributed by atoms with E-state index < -0.39 is 0 Å². The molecule has 1 N–H and O–H groups in total. The van der Waals surface area contributed by atoms with E-state index in [2.05, 4.69) is 9.97 Å². The Morgan fingerprint density at radius 2 is 2.25 bits per heavy atom. The van der Waals surface area contributed by atoms with Gasteiger partial charge in [0.1, 0.15) is 11.4 Å². The molecule has 0 radical (unpaired) electrons. The summed E-state index contributed by atoms with van der Waals surface area (Å²) < 4.78 is 5.54. The molecule has 1 fully saturated rings. The fourth-order valence-electron chi connectivity index (χ4n) is 2.31. The monoisotopic (exact) mass is 238 g/mol. The van der Waals surface area contributed by atoms with Crippen LogP contribution in [0.2, 0.25) is 0 Å².